The number of likely N-dealkylation sites (tertiary alicyclic amines) is 1. The molecule has 144 valence electrons. The molecule has 1 N–H and O–H groups in total. The lowest BCUT2D eigenvalue weighted by Gasteiger charge is -2.32. The number of rotatable bonds is 7. The van der Waals surface area contributed by atoms with Crippen molar-refractivity contribution in [3.05, 3.63) is 42.0 Å². The van der Waals surface area contributed by atoms with E-state index in [9.17, 15) is 4.79 Å². The van der Waals surface area contributed by atoms with Crippen molar-refractivity contribution < 1.29 is 9.53 Å². The lowest BCUT2D eigenvalue weighted by Crippen LogP contribution is -2.39. The van der Waals surface area contributed by atoms with Gasteiger partial charge >= 0.3 is 0 Å². The molecule has 7 heteroatoms. The zero-order valence-corrected chi connectivity index (χ0v) is 16.0. The highest BCUT2D eigenvalue weighted by molar-refractivity contribution is 5.76. The molecular formula is C20H27N5O2. The van der Waals surface area contributed by atoms with E-state index in [-0.39, 0.29) is 5.91 Å². The van der Waals surface area contributed by atoms with E-state index >= 15 is 0 Å². The van der Waals surface area contributed by atoms with E-state index in [1.807, 2.05) is 30.0 Å². The van der Waals surface area contributed by atoms with Crippen molar-refractivity contribution in [3.8, 4) is 0 Å². The Morgan fingerprint density at radius 3 is 2.85 bits per heavy atom. The topological polar surface area (TPSA) is 80.2 Å². The van der Waals surface area contributed by atoms with Crippen LogP contribution in [0.25, 0.3) is 0 Å². The first-order chi connectivity index (χ1) is 13.2. The third-order valence-corrected chi connectivity index (χ3v) is 4.96. The van der Waals surface area contributed by atoms with Gasteiger partial charge in [-0.05, 0) is 43.7 Å². The minimum atomic E-state index is 0.189. The van der Waals surface area contributed by atoms with Crippen molar-refractivity contribution in [2.75, 3.05) is 32.1 Å². The lowest BCUT2D eigenvalue weighted by molar-refractivity contribution is -0.133. The van der Waals surface area contributed by atoms with Crippen molar-refractivity contribution in [2.24, 2.45) is 5.92 Å². The number of nitrogens with one attached hydrogen (secondary N) is 1. The van der Waals surface area contributed by atoms with Gasteiger partial charge in [0.2, 0.25) is 5.91 Å². The number of carbonyl (C=O) groups is 1. The average Bonchev–Trinajstić information content (AvgIpc) is 2.69. The van der Waals surface area contributed by atoms with Gasteiger partial charge in [0.05, 0.1) is 13.0 Å². The number of anilines is 2. The van der Waals surface area contributed by atoms with Crippen LogP contribution >= 0.6 is 0 Å². The highest BCUT2D eigenvalue weighted by atomic mass is 16.5. The maximum Gasteiger partial charge on any atom is 0.224 e. The molecule has 0 spiro atoms. The molecular weight excluding hydrogens is 342 g/mol. The maximum absolute atomic E-state index is 12.1. The van der Waals surface area contributed by atoms with E-state index in [4.69, 9.17) is 4.74 Å². The van der Waals surface area contributed by atoms with Gasteiger partial charge in [-0.1, -0.05) is 6.07 Å². The summed E-state index contributed by atoms with van der Waals surface area (Å²) in [4.78, 5) is 27.1. The van der Waals surface area contributed by atoms with Gasteiger partial charge in [0.15, 0.2) is 0 Å². The Morgan fingerprint density at radius 1 is 1.30 bits per heavy atom. The summed E-state index contributed by atoms with van der Waals surface area (Å²) in [5.74, 6) is 2.30. The summed E-state index contributed by atoms with van der Waals surface area (Å²) in [6.45, 7) is 4.14. The fourth-order valence-corrected chi connectivity index (χ4v) is 3.35. The molecule has 0 radical (unpaired) electrons. The maximum atomic E-state index is 12.1. The third-order valence-electron chi connectivity index (χ3n) is 4.96. The van der Waals surface area contributed by atoms with Crippen LogP contribution < -0.4 is 5.32 Å². The molecule has 0 atom stereocenters. The van der Waals surface area contributed by atoms with Crippen LogP contribution in [0.1, 0.15) is 30.5 Å². The van der Waals surface area contributed by atoms with Crippen LogP contribution in [0.15, 0.2) is 30.7 Å². The van der Waals surface area contributed by atoms with Gasteiger partial charge in [0.1, 0.15) is 18.0 Å². The molecule has 1 saturated heterocycles. The summed E-state index contributed by atoms with van der Waals surface area (Å²) >= 11 is 0. The Morgan fingerprint density at radius 2 is 2.11 bits per heavy atom. The summed E-state index contributed by atoms with van der Waals surface area (Å²) in [6.07, 6.45) is 6.74. The van der Waals surface area contributed by atoms with Crippen molar-refractivity contribution in [1.82, 2.24) is 19.9 Å². The van der Waals surface area contributed by atoms with Gasteiger partial charge in [0.25, 0.3) is 0 Å². The second kappa shape index (κ2) is 9.41. The van der Waals surface area contributed by atoms with Crippen LogP contribution in [0, 0.1) is 12.8 Å². The summed E-state index contributed by atoms with van der Waals surface area (Å²) in [6, 6.07) is 5.92. The number of hydrogen-bond donors (Lipinski definition) is 1. The molecule has 3 rings (SSSR count). The molecule has 1 fully saturated rings. The quantitative estimate of drug-likeness (QED) is 0.808. The van der Waals surface area contributed by atoms with Crippen LogP contribution in [0.3, 0.4) is 0 Å². The van der Waals surface area contributed by atoms with Gasteiger partial charge in [-0.15, -0.1) is 0 Å². The molecule has 3 heterocycles. The third kappa shape index (κ3) is 5.47. The first kappa shape index (κ1) is 19.2. The second-order valence-corrected chi connectivity index (χ2v) is 6.96. The van der Waals surface area contributed by atoms with E-state index in [2.05, 4.69) is 20.3 Å². The number of carbonyl (C=O) groups excluding carboxylic acids is 1. The summed E-state index contributed by atoms with van der Waals surface area (Å²) in [5, 5.41) is 3.26. The molecule has 2 aromatic heterocycles. The largest absolute Gasteiger partial charge is 0.384 e. The van der Waals surface area contributed by atoms with Crippen LogP contribution in [-0.4, -0.2) is 52.6 Å². The molecule has 7 nitrogen and oxygen atoms in total. The number of aryl methyl sites for hydroxylation is 1. The van der Waals surface area contributed by atoms with Gasteiger partial charge < -0.3 is 15.0 Å². The van der Waals surface area contributed by atoms with Gasteiger partial charge in [-0.25, -0.2) is 15.0 Å². The second-order valence-electron chi connectivity index (χ2n) is 6.96. The molecule has 1 aliphatic rings. The highest BCUT2D eigenvalue weighted by Gasteiger charge is 2.23. The van der Waals surface area contributed by atoms with Crippen LogP contribution in [-0.2, 0) is 16.0 Å². The summed E-state index contributed by atoms with van der Waals surface area (Å²) in [7, 11) is 1.62. The monoisotopic (exact) mass is 369 g/mol. The Bertz CT molecular complexity index is 760. The number of aromatic nitrogens is 3. The van der Waals surface area contributed by atoms with E-state index < -0.39 is 0 Å². The van der Waals surface area contributed by atoms with Gasteiger partial charge in [-0.3, -0.25) is 4.79 Å². The molecule has 0 bridgehead atoms. The molecule has 0 aliphatic carbocycles. The Labute approximate surface area is 160 Å². The smallest absolute Gasteiger partial charge is 0.224 e. The Hall–Kier alpha value is -2.54. The molecule has 27 heavy (non-hydrogen) atoms. The summed E-state index contributed by atoms with van der Waals surface area (Å²) in [5.41, 5.74) is 2.09. The van der Waals surface area contributed by atoms with Crippen molar-refractivity contribution in [2.45, 2.75) is 32.6 Å². The SMILES string of the molecule is COCCC(=O)N1CCC(Cc2cc(Nc3ncccc3C)ncn2)CC1. The van der Waals surface area contributed by atoms with Crippen LogP contribution in [0.2, 0.25) is 0 Å². The first-order valence-corrected chi connectivity index (χ1v) is 9.42. The molecule has 0 saturated carbocycles. The number of pyridine rings is 1. The summed E-state index contributed by atoms with van der Waals surface area (Å²) < 4.78 is 4.99. The zero-order chi connectivity index (χ0) is 19.1. The lowest BCUT2D eigenvalue weighted by atomic mass is 9.92. The van der Waals surface area contributed by atoms with E-state index in [1.165, 1.54) is 0 Å². The van der Waals surface area contributed by atoms with Crippen molar-refractivity contribution in [1.29, 1.82) is 0 Å². The van der Waals surface area contributed by atoms with E-state index in [0.717, 1.165) is 55.2 Å². The van der Waals surface area contributed by atoms with Gasteiger partial charge in [0, 0.05) is 38.2 Å². The molecule has 0 unspecified atom stereocenters. The van der Waals surface area contributed by atoms with Crippen LogP contribution in [0.5, 0.6) is 0 Å². The minimum absolute atomic E-state index is 0.189. The van der Waals surface area contributed by atoms with E-state index in [0.29, 0.717) is 18.9 Å². The number of piperidine rings is 1. The minimum Gasteiger partial charge on any atom is -0.384 e. The van der Waals surface area contributed by atoms with Crippen LogP contribution in [0.4, 0.5) is 11.6 Å². The average molecular weight is 369 g/mol. The predicted octanol–water partition coefficient (Wildman–Crippen LogP) is 2.74. The standard InChI is InChI=1S/C20H27N5O2/c1-15-4-3-8-21-20(15)24-18-13-17(22-14-23-18)12-16-5-9-25(10-6-16)19(26)7-11-27-2/h3-4,8,13-14,16H,5-7,9-12H2,1-2H3,(H,21,22,23,24). The molecule has 1 aliphatic heterocycles. The first-order valence-electron chi connectivity index (χ1n) is 9.42. The fourth-order valence-electron chi connectivity index (χ4n) is 3.35. The number of methoxy groups -OCH3 is 1. The molecule has 0 aromatic carbocycles. The number of ether oxygens (including phenoxy) is 1. The normalized spacial score (nSPS) is 15.0. The van der Waals surface area contributed by atoms with Crippen molar-refractivity contribution >= 4 is 17.5 Å². The van der Waals surface area contributed by atoms with Gasteiger partial charge in [-0.2, -0.15) is 0 Å². The fraction of sp³-hybridized carbons (Fsp3) is 0.500. The molecule has 2 aromatic rings. The zero-order valence-electron chi connectivity index (χ0n) is 16.0. The number of hydrogen-bond acceptors (Lipinski definition) is 6. The highest BCUT2D eigenvalue weighted by Crippen LogP contribution is 2.23. The predicted molar refractivity (Wildman–Crippen MR) is 104 cm³/mol. The number of nitrogens with zero attached hydrogens (tertiary/aromatic N) is 4. The number of amides is 1. The Balaban J connectivity index is 1.53. The van der Waals surface area contributed by atoms with E-state index in [1.54, 1.807) is 19.6 Å². The molecule has 1 amide bonds. The Kier molecular flexibility index (Phi) is 6.70. The van der Waals surface area contributed by atoms with Crippen molar-refractivity contribution in [3.63, 3.8) is 0 Å².